The van der Waals surface area contributed by atoms with E-state index in [1.165, 1.54) is 5.56 Å². The molecule has 1 fully saturated rings. The van der Waals surface area contributed by atoms with Gasteiger partial charge in [-0.1, -0.05) is 42.5 Å². The number of hydrogen-bond acceptors (Lipinski definition) is 5. The van der Waals surface area contributed by atoms with E-state index in [1.807, 2.05) is 66.7 Å². The minimum absolute atomic E-state index is 0.232. The van der Waals surface area contributed by atoms with Crippen molar-refractivity contribution < 1.29 is 18.9 Å². The fraction of sp³-hybridized carbons (Fsp3) is 0.308. The Morgan fingerprint density at radius 2 is 1.52 bits per heavy atom. The summed E-state index contributed by atoms with van der Waals surface area (Å²) in [6.07, 6.45) is 2.45. The zero-order valence-corrected chi connectivity index (χ0v) is 17.7. The van der Waals surface area contributed by atoms with Crippen LogP contribution in [0.2, 0.25) is 0 Å². The summed E-state index contributed by atoms with van der Waals surface area (Å²) in [6, 6.07) is 25.9. The molecule has 0 aliphatic carbocycles. The number of ether oxygens (including phenoxy) is 4. The molecule has 3 aromatic rings. The number of para-hydroxylation sites is 3. The largest absolute Gasteiger partial charge is 0.491 e. The number of rotatable bonds is 11. The molecule has 1 atom stereocenters. The van der Waals surface area contributed by atoms with E-state index < -0.39 is 0 Å². The Morgan fingerprint density at radius 3 is 2.32 bits per heavy atom. The van der Waals surface area contributed by atoms with E-state index in [2.05, 4.69) is 17.4 Å². The minimum Gasteiger partial charge on any atom is -0.491 e. The molecule has 0 saturated carbocycles. The maximum atomic E-state index is 5.93. The second kappa shape index (κ2) is 11.3. The lowest BCUT2D eigenvalue weighted by Crippen LogP contribution is -2.16. The Bertz CT molecular complexity index is 908. The monoisotopic (exact) mass is 419 g/mol. The molecule has 1 aliphatic rings. The molecule has 1 unspecified atom stereocenters. The van der Waals surface area contributed by atoms with Crippen molar-refractivity contribution >= 4 is 5.69 Å². The van der Waals surface area contributed by atoms with Gasteiger partial charge in [0.05, 0.1) is 11.8 Å². The zero-order chi connectivity index (χ0) is 21.1. The topological polar surface area (TPSA) is 49.0 Å². The van der Waals surface area contributed by atoms with Crippen molar-refractivity contribution in [2.24, 2.45) is 0 Å². The van der Waals surface area contributed by atoms with Crippen molar-refractivity contribution in [3.8, 4) is 17.2 Å². The van der Waals surface area contributed by atoms with Gasteiger partial charge in [0.25, 0.3) is 0 Å². The van der Waals surface area contributed by atoms with Gasteiger partial charge in [0, 0.05) is 13.2 Å². The van der Waals surface area contributed by atoms with E-state index in [0.29, 0.717) is 26.4 Å². The average Bonchev–Trinajstić information content (AvgIpc) is 3.35. The molecule has 1 saturated heterocycles. The first-order valence-electron chi connectivity index (χ1n) is 10.8. The van der Waals surface area contributed by atoms with E-state index in [-0.39, 0.29) is 6.10 Å². The second-order valence-corrected chi connectivity index (χ2v) is 7.45. The van der Waals surface area contributed by atoms with Crippen molar-refractivity contribution in [2.75, 3.05) is 31.7 Å². The van der Waals surface area contributed by atoms with Gasteiger partial charge in [0.15, 0.2) is 0 Å². The van der Waals surface area contributed by atoms with E-state index >= 15 is 0 Å². The zero-order valence-electron chi connectivity index (χ0n) is 17.7. The van der Waals surface area contributed by atoms with Crippen molar-refractivity contribution in [3.63, 3.8) is 0 Å². The lowest BCUT2D eigenvalue weighted by atomic mass is 10.2. The average molecular weight is 420 g/mol. The smallest absolute Gasteiger partial charge is 0.142 e. The molecule has 0 aromatic heterocycles. The third-order valence-corrected chi connectivity index (χ3v) is 5.11. The third-order valence-electron chi connectivity index (χ3n) is 5.11. The summed E-state index contributed by atoms with van der Waals surface area (Å²) < 4.78 is 23.1. The van der Waals surface area contributed by atoms with Crippen molar-refractivity contribution in [3.05, 3.63) is 84.4 Å². The molecule has 0 radical (unpaired) electrons. The van der Waals surface area contributed by atoms with Crippen molar-refractivity contribution in [1.82, 2.24) is 0 Å². The van der Waals surface area contributed by atoms with Gasteiger partial charge in [0.1, 0.15) is 37.1 Å². The van der Waals surface area contributed by atoms with Gasteiger partial charge in [0.2, 0.25) is 0 Å². The van der Waals surface area contributed by atoms with Crippen LogP contribution < -0.4 is 19.5 Å². The van der Waals surface area contributed by atoms with Gasteiger partial charge in [-0.25, -0.2) is 0 Å². The van der Waals surface area contributed by atoms with Gasteiger partial charge in [-0.15, -0.1) is 0 Å². The molecule has 31 heavy (non-hydrogen) atoms. The molecule has 1 N–H and O–H groups in total. The van der Waals surface area contributed by atoms with E-state index in [4.69, 9.17) is 18.9 Å². The van der Waals surface area contributed by atoms with Crippen LogP contribution in [0.1, 0.15) is 18.4 Å². The van der Waals surface area contributed by atoms with Crippen LogP contribution in [0, 0.1) is 0 Å². The molecular formula is C26H29NO4. The molecule has 3 aromatic carbocycles. The number of hydrogen-bond donors (Lipinski definition) is 1. The van der Waals surface area contributed by atoms with Crippen LogP contribution in [0.15, 0.2) is 78.9 Å². The first-order valence-corrected chi connectivity index (χ1v) is 10.8. The van der Waals surface area contributed by atoms with Crippen LogP contribution in [0.4, 0.5) is 5.69 Å². The van der Waals surface area contributed by atoms with Crippen LogP contribution in [0.3, 0.4) is 0 Å². The highest BCUT2D eigenvalue weighted by molar-refractivity contribution is 5.56. The summed E-state index contributed by atoms with van der Waals surface area (Å²) in [6.45, 7) is 3.14. The highest BCUT2D eigenvalue weighted by Crippen LogP contribution is 2.25. The third kappa shape index (κ3) is 6.66. The van der Waals surface area contributed by atoms with Gasteiger partial charge in [-0.2, -0.15) is 0 Å². The summed E-state index contributed by atoms with van der Waals surface area (Å²) in [5, 5.41) is 3.46. The molecule has 0 spiro atoms. The Balaban J connectivity index is 1.22. The standard InChI is InChI=1S/C26H29NO4/c1-2-7-22(8-3-1)29-17-18-30-26-11-5-4-10-25(26)27-19-21-12-14-23(15-13-21)31-20-24-9-6-16-28-24/h1-5,7-8,10-15,24,27H,6,9,16-20H2. The van der Waals surface area contributed by atoms with Gasteiger partial charge in [-0.3, -0.25) is 0 Å². The van der Waals surface area contributed by atoms with E-state index in [9.17, 15) is 0 Å². The van der Waals surface area contributed by atoms with Crippen LogP contribution in [-0.4, -0.2) is 32.5 Å². The Morgan fingerprint density at radius 1 is 0.774 bits per heavy atom. The van der Waals surface area contributed by atoms with Gasteiger partial charge in [-0.05, 0) is 54.8 Å². The normalized spacial score (nSPS) is 15.4. The quantitative estimate of drug-likeness (QED) is 0.427. The molecule has 162 valence electrons. The van der Waals surface area contributed by atoms with E-state index in [0.717, 1.165) is 42.4 Å². The Labute approximate surface area is 183 Å². The van der Waals surface area contributed by atoms with Gasteiger partial charge < -0.3 is 24.3 Å². The molecule has 1 heterocycles. The minimum atomic E-state index is 0.232. The highest BCUT2D eigenvalue weighted by atomic mass is 16.5. The molecule has 5 nitrogen and oxygen atoms in total. The first-order chi connectivity index (χ1) is 15.4. The summed E-state index contributed by atoms with van der Waals surface area (Å²) in [4.78, 5) is 0. The van der Waals surface area contributed by atoms with Gasteiger partial charge >= 0.3 is 0 Å². The predicted molar refractivity (Wildman–Crippen MR) is 122 cm³/mol. The number of anilines is 1. The molecule has 0 bridgehead atoms. The first kappa shape index (κ1) is 21.1. The lowest BCUT2D eigenvalue weighted by Gasteiger charge is -2.14. The maximum absolute atomic E-state index is 5.93. The molecule has 1 aliphatic heterocycles. The number of nitrogens with one attached hydrogen (secondary N) is 1. The summed E-state index contributed by atoms with van der Waals surface area (Å²) >= 11 is 0. The van der Waals surface area contributed by atoms with Crippen molar-refractivity contribution in [2.45, 2.75) is 25.5 Å². The van der Waals surface area contributed by atoms with Crippen LogP contribution in [0.5, 0.6) is 17.2 Å². The second-order valence-electron chi connectivity index (χ2n) is 7.45. The van der Waals surface area contributed by atoms with Crippen LogP contribution in [0.25, 0.3) is 0 Å². The van der Waals surface area contributed by atoms with Crippen LogP contribution in [-0.2, 0) is 11.3 Å². The molecule has 0 amide bonds. The Kier molecular flexibility index (Phi) is 7.66. The lowest BCUT2D eigenvalue weighted by molar-refractivity contribution is 0.0679. The molecule has 5 heteroatoms. The molecule has 4 rings (SSSR count). The predicted octanol–water partition coefficient (Wildman–Crippen LogP) is 5.31. The van der Waals surface area contributed by atoms with Crippen molar-refractivity contribution in [1.29, 1.82) is 0 Å². The Hall–Kier alpha value is -3.18. The summed E-state index contributed by atoms with van der Waals surface area (Å²) in [5.41, 5.74) is 2.13. The summed E-state index contributed by atoms with van der Waals surface area (Å²) in [7, 11) is 0. The van der Waals surface area contributed by atoms with Crippen LogP contribution >= 0.6 is 0 Å². The fourth-order valence-electron chi connectivity index (χ4n) is 3.43. The number of benzene rings is 3. The molecular weight excluding hydrogens is 390 g/mol. The highest BCUT2D eigenvalue weighted by Gasteiger charge is 2.15. The van der Waals surface area contributed by atoms with E-state index in [1.54, 1.807) is 0 Å². The SMILES string of the molecule is c1ccc(OCCOc2ccccc2NCc2ccc(OCC3CCCO3)cc2)cc1. The maximum Gasteiger partial charge on any atom is 0.142 e. The summed E-state index contributed by atoms with van der Waals surface area (Å²) in [5.74, 6) is 2.54. The fourth-order valence-corrected chi connectivity index (χ4v) is 3.43.